The van der Waals surface area contributed by atoms with Gasteiger partial charge in [0.25, 0.3) is 0 Å². The summed E-state index contributed by atoms with van der Waals surface area (Å²) < 4.78 is 26.0. The lowest BCUT2D eigenvalue weighted by Gasteiger charge is -2.63. The summed E-state index contributed by atoms with van der Waals surface area (Å²) in [4.78, 5) is 70.1. The molecule has 0 aromatic carbocycles. The highest BCUT2D eigenvalue weighted by Gasteiger charge is 2.89. The number of aliphatic hydroxyl groups is 3. The van der Waals surface area contributed by atoms with Crippen LogP contribution in [-0.4, -0.2) is 95.3 Å². The average molecular weight is 727 g/mol. The molecule has 276 valence electrons. The molecule has 6 aliphatic heterocycles. The van der Waals surface area contributed by atoms with Crippen molar-refractivity contribution in [3.05, 3.63) is 22.7 Å². The normalized spacial score (nSPS) is 54.1. The van der Waals surface area contributed by atoms with E-state index in [1.54, 1.807) is 27.7 Å². The molecule has 51 heavy (non-hydrogen) atoms. The molecule has 0 aromatic heterocycles. The highest BCUT2D eigenvalue weighted by Crippen LogP contribution is 2.75. The number of carbonyl (C=O) groups excluding carboxylic acids is 5. The van der Waals surface area contributed by atoms with E-state index in [0.29, 0.717) is 6.42 Å². The molecule has 11 rings (SSSR count). The van der Waals surface area contributed by atoms with Crippen molar-refractivity contribution < 1.29 is 58.2 Å². The smallest absolute Gasteiger partial charge is 0.346 e. The van der Waals surface area contributed by atoms with Gasteiger partial charge in [-0.2, -0.15) is 11.8 Å². The number of ketones is 3. The van der Waals surface area contributed by atoms with Gasteiger partial charge in [0.15, 0.2) is 28.3 Å². The van der Waals surface area contributed by atoms with Crippen molar-refractivity contribution in [2.45, 2.75) is 137 Å². The van der Waals surface area contributed by atoms with Gasteiger partial charge < -0.3 is 34.3 Å². The van der Waals surface area contributed by atoms with E-state index < -0.39 is 98.0 Å². The van der Waals surface area contributed by atoms with E-state index in [1.807, 2.05) is 13.8 Å². The Hall–Kier alpha value is -2.74. The number of fused-ring (bicyclic) bond motifs is 2. The Labute approximate surface area is 300 Å². The first-order chi connectivity index (χ1) is 23.9. The molecule has 5 aliphatic carbocycles. The number of hydrogen-bond acceptors (Lipinski definition) is 13. The second-order valence-corrected chi connectivity index (χ2v) is 19.0. The highest BCUT2D eigenvalue weighted by molar-refractivity contribution is 8.00. The van der Waals surface area contributed by atoms with Crippen LogP contribution < -0.4 is 0 Å². The van der Waals surface area contributed by atoms with Crippen molar-refractivity contribution in [2.24, 2.45) is 41.4 Å². The number of thioether (sulfide) groups is 1. The molecule has 16 atom stereocenters. The summed E-state index contributed by atoms with van der Waals surface area (Å²) in [6, 6.07) is 0. The van der Waals surface area contributed by atoms with E-state index >= 15 is 0 Å². The minimum atomic E-state index is -1.68. The van der Waals surface area contributed by atoms with Gasteiger partial charge in [-0.05, 0) is 39.0 Å². The van der Waals surface area contributed by atoms with Crippen molar-refractivity contribution in [3.63, 3.8) is 0 Å². The standard InChI is InChI=1S/C38H46O12S/c1-14-7-9-18(39)22-31-36(48-32(22)45)12-16(3)34(5,47-31)29(43)24(36)21(11-20(14)41)51-28-25-27(42)15(2)8-10-19(40)23-33(46)49-37-13-17(4)35(6,30(44)26(28)37)50-38(23,25)37/h14-17,21,24-26,28-30,40,43-44H,7-13H2,1-6H3/t14-,15-,16-,17-,21+,24-,25+,26-,28+,29-,30-,34-,35-,36-,37-,38-/m0/s1. The third kappa shape index (κ3) is 3.72. The van der Waals surface area contributed by atoms with Crippen LogP contribution >= 0.6 is 11.8 Å². The number of esters is 2. The molecule has 13 heteroatoms. The molecule has 0 unspecified atom stereocenters. The lowest BCUT2D eigenvalue weighted by Crippen LogP contribution is -2.76. The Morgan fingerprint density at radius 3 is 2.18 bits per heavy atom. The van der Waals surface area contributed by atoms with Crippen LogP contribution in [0, 0.1) is 41.4 Å². The van der Waals surface area contributed by atoms with Crippen LogP contribution in [0.2, 0.25) is 0 Å². The zero-order valence-electron chi connectivity index (χ0n) is 29.7. The molecule has 0 radical (unpaired) electrons. The molecule has 0 amide bonds. The number of ether oxygens (including phenoxy) is 4. The molecule has 8 fully saturated rings. The first kappa shape index (κ1) is 34.1. The van der Waals surface area contributed by atoms with Gasteiger partial charge in [0.2, 0.25) is 0 Å². The SMILES string of the molecule is C[C@H]1CCC(=O)C2=C3O[C@@]4(C)[C@@H](C)C[C@]3(OC2=O)[C@@H]([C@H](S[C@H]2[C@H]3[C@H](O)[C@@]5(C)O[C@@]67C(=C(O)CC[C@H](C)C(=O)[C@H]26)C(=O)O[C@@]37C[C@@H]5C)CC1=O)[C@@H]4O. The summed E-state index contributed by atoms with van der Waals surface area (Å²) >= 11 is 1.29. The Balaban J connectivity index is 1.26. The second-order valence-electron chi connectivity index (χ2n) is 17.5. The van der Waals surface area contributed by atoms with Crippen molar-refractivity contribution in [3.8, 4) is 0 Å². The van der Waals surface area contributed by atoms with Gasteiger partial charge in [-0.15, -0.1) is 0 Å². The molecular weight excluding hydrogens is 680 g/mol. The minimum Gasteiger partial charge on any atom is -0.512 e. The van der Waals surface area contributed by atoms with Crippen molar-refractivity contribution in [1.82, 2.24) is 0 Å². The van der Waals surface area contributed by atoms with Gasteiger partial charge in [0.05, 0.1) is 17.6 Å². The first-order valence-corrected chi connectivity index (χ1v) is 19.5. The summed E-state index contributed by atoms with van der Waals surface area (Å²) in [6.07, 6.45) is -1.43. The van der Waals surface area contributed by atoms with Gasteiger partial charge in [-0.1, -0.05) is 27.7 Å². The number of aliphatic hydroxyl groups excluding tert-OH is 3. The molecule has 5 saturated heterocycles. The second kappa shape index (κ2) is 10.3. The van der Waals surface area contributed by atoms with Gasteiger partial charge >= 0.3 is 11.9 Å². The summed E-state index contributed by atoms with van der Waals surface area (Å²) in [5.41, 5.74) is -7.33. The van der Waals surface area contributed by atoms with Crippen molar-refractivity contribution in [2.75, 3.05) is 0 Å². The van der Waals surface area contributed by atoms with Gasteiger partial charge in [0.1, 0.15) is 40.2 Å². The van der Waals surface area contributed by atoms with E-state index in [9.17, 15) is 39.3 Å². The molecule has 6 heterocycles. The third-order valence-electron chi connectivity index (χ3n) is 15.2. The summed E-state index contributed by atoms with van der Waals surface area (Å²) in [5, 5.41) is 34.6. The zero-order valence-corrected chi connectivity index (χ0v) is 30.5. The fourth-order valence-electron chi connectivity index (χ4n) is 12.0. The van der Waals surface area contributed by atoms with Crippen molar-refractivity contribution >= 4 is 41.1 Å². The van der Waals surface area contributed by atoms with Gasteiger partial charge in [-0.25, -0.2) is 9.59 Å². The molecule has 0 aromatic rings. The quantitative estimate of drug-likeness (QED) is 0.279. The fourth-order valence-corrected chi connectivity index (χ4v) is 14.3. The van der Waals surface area contributed by atoms with Crippen LogP contribution in [-0.2, 0) is 42.9 Å². The maximum atomic E-state index is 14.9. The monoisotopic (exact) mass is 726 g/mol. The van der Waals surface area contributed by atoms with Crippen LogP contribution in [0.4, 0.5) is 0 Å². The number of hydrogen-bond donors (Lipinski definition) is 3. The Morgan fingerprint density at radius 2 is 1.45 bits per heavy atom. The van der Waals surface area contributed by atoms with Crippen molar-refractivity contribution in [1.29, 1.82) is 0 Å². The molecule has 3 N–H and O–H groups in total. The summed E-state index contributed by atoms with van der Waals surface area (Å²) in [7, 11) is 0. The van der Waals surface area contributed by atoms with Crippen LogP contribution in [0.5, 0.6) is 0 Å². The number of Topliss-reactive ketones (excluding diaryl/α,β-unsaturated/α-hetero) is 3. The Kier molecular flexibility index (Phi) is 6.85. The summed E-state index contributed by atoms with van der Waals surface area (Å²) in [5.74, 6) is -6.87. The molecule has 12 nitrogen and oxygen atoms in total. The Morgan fingerprint density at radius 1 is 0.784 bits per heavy atom. The Bertz CT molecular complexity index is 1790. The molecular formula is C38H46O12S. The van der Waals surface area contributed by atoms with Crippen LogP contribution in [0.15, 0.2) is 22.7 Å². The minimum absolute atomic E-state index is 0.0496. The van der Waals surface area contributed by atoms with E-state index in [4.69, 9.17) is 18.9 Å². The largest absolute Gasteiger partial charge is 0.512 e. The third-order valence-corrected chi connectivity index (χ3v) is 16.9. The van der Waals surface area contributed by atoms with Crippen LogP contribution in [0.1, 0.15) is 86.5 Å². The predicted molar refractivity (Wildman–Crippen MR) is 178 cm³/mol. The molecule has 3 saturated carbocycles. The highest BCUT2D eigenvalue weighted by atomic mass is 32.2. The van der Waals surface area contributed by atoms with E-state index in [1.165, 1.54) is 11.8 Å². The maximum Gasteiger partial charge on any atom is 0.346 e. The van der Waals surface area contributed by atoms with E-state index in [0.717, 1.165) is 0 Å². The predicted octanol–water partition coefficient (Wildman–Crippen LogP) is 3.05. The zero-order chi connectivity index (χ0) is 36.5. The van der Waals surface area contributed by atoms with Gasteiger partial charge in [-0.3, -0.25) is 14.4 Å². The average Bonchev–Trinajstić information content (AvgIpc) is 3.53. The number of allylic oxidation sites excluding steroid dienone is 1. The maximum absolute atomic E-state index is 14.9. The molecule has 11 aliphatic rings. The van der Waals surface area contributed by atoms with E-state index in [-0.39, 0.29) is 84.6 Å². The fraction of sp³-hybridized carbons (Fsp3) is 0.763. The molecule has 9 bridgehead atoms. The number of rotatable bonds is 2. The number of carbonyl (C=O) groups is 5. The summed E-state index contributed by atoms with van der Waals surface area (Å²) in [6.45, 7) is 10.9. The first-order valence-electron chi connectivity index (χ1n) is 18.5. The van der Waals surface area contributed by atoms with Crippen LogP contribution in [0.3, 0.4) is 0 Å². The van der Waals surface area contributed by atoms with Gasteiger partial charge in [0, 0.05) is 65.8 Å². The van der Waals surface area contributed by atoms with Crippen LogP contribution in [0.25, 0.3) is 0 Å². The lowest BCUT2D eigenvalue weighted by atomic mass is 9.56. The lowest BCUT2D eigenvalue weighted by molar-refractivity contribution is -0.340. The topological polar surface area (TPSA) is 183 Å². The molecule has 3 spiro atoms. The van der Waals surface area contributed by atoms with E-state index in [2.05, 4.69) is 0 Å².